The van der Waals surface area contributed by atoms with Crippen molar-refractivity contribution < 1.29 is 19.8 Å². The van der Waals surface area contributed by atoms with Gasteiger partial charge in [-0.25, -0.2) is 19.6 Å². The maximum atomic E-state index is 10.7. The third-order valence-electron chi connectivity index (χ3n) is 2.29. The van der Waals surface area contributed by atoms with Gasteiger partial charge in [-0.2, -0.15) is 0 Å². The Hall–Kier alpha value is -1.72. The summed E-state index contributed by atoms with van der Waals surface area (Å²) in [5, 5.41) is 19.2. The Bertz CT molecular complexity index is 273. The van der Waals surface area contributed by atoms with Gasteiger partial charge in [-0.3, -0.25) is 0 Å². The monoisotopic (exact) mass is 184 g/mol. The van der Waals surface area contributed by atoms with Gasteiger partial charge in [0.15, 0.2) is 0 Å². The molecule has 2 N–H and O–H groups in total. The van der Waals surface area contributed by atoms with E-state index >= 15 is 0 Å². The van der Waals surface area contributed by atoms with E-state index in [-0.39, 0.29) is 12.1 Å². The molecule has 0 radical (unpaired) electrons. The van der Waals surface area contributed by atoms with E-state index in [2.05, 4.69) is 0 Å². The first-order valence-electron chi connectivity index (χ1n) is 3.84. The molecular formula is C7H8N2O4. The van der Waals surface area contributed by atoms with Crippen molar-refractivity contribution in [3.8, 4) is 0 Å². The molecular weight excluding hydrogens is 176 g/mol. The minimum Gasteiger partial charge on any atom is -0.464 e. The quantitative estimate of drug-likeness (QED) is 0.539. The molecule has 2 bridgehead atoms. The van der Waals surface area contributed by atoms with Gasteiger partial charge in [-0.1, -0.05) is 12.2 Å². The maximum absolute atomic E-state index is 10.7. The maximum Gasteiger partial charge on any atom is 0.427 e. The minimum absolute atomic E-state index is 0.307. The molecule has 2 atom stereocenters. The number of carboxylic acid groups (broad SMARTS) is 2. The summed E-state index contributed by atoms with van der Waals surface area (Å²) in [7, 11) is 0. The molecule has 1 aliphatic carbocycles. The number of amides is 2. The fourth-order valence-electron chi connectivity index (χ4n) is 1.81. The zero-order chi connectivity index (χ0) is 9.59. The van der Waals surface area contributed by atoms with Crippen LogP contribution in [0.2, 0.25) is 0 Å². The Morgan fingerprint density at radius 2 is 1.46 bits per heavy atom. The van der Waals surface area contributed by atoms with Crippen molar-refractivity contribution >= 4 is 12.2 Å². The predicted molar refractivity (Wildman–Crippen MR) is 41.1 cm³/mol. The van der Waals surface area contributed by atoms with E-state index in [0.29, 0.717) is 6.42 Å². The first-order chi connectivity index (χ1) is 6.11. The van der Waals surface area contributed by atoms with Crippen LogP contribution in [0.25, 0.3) is 0 Å². The van der Waals surface area contributed by atoms with E-state index in [1.807, 2.05) is 0 Å². The van der Waals surface area contributed by atoms with Crippen molar-refractivity contribution in [2.75, 3.05) is 0 Å². The molecule has 0 aromatic carbocycles. The molecule has 70 valence electrons. The predicted octanol–water partition coefficient (Wildman–Crippen LogP) is 0.572. The van der Waals surface area contributed by atoms with Crippen molar-refractivity contribution in [1.29, 1.82) is 0 Å². The van der Waals surface area contributed by atoms with Crippen LogP contribution < -0.4 is 0 Å². The van der Waals surface area contributed by atoms with E-state index in [4.69, 9.17) is 10.2 Å². The van der Waals surface area contributed by atoms with Crippen molar-refractivity contribution in [3.63, 3.8) is 0 Å². The Morgan fingerprint density at radius 3 is 1.77 bits per heavy atom. The highest BCUT2D eigenvalue weighted by atomic mass is 16.4. The Morgan fingerprint density at radius 1 is 1.08 bits per heavy atom. The van der Waals surface area contributed by atoms with Gasteiger partial charge in [-0.05, 0) is 6.42 Å². The van der Waals surface area contributed by atoms with Gasteiger partial charge >= 0.3 is 12.2 Å². The van der Waals surface area contributed by atoms with E-state index in [1.54, 1.807) is 12.2 Å². The van der Waals surface area contributed by atoms with Crippen molar-refractivity contribution in [3.05, 3.63) is 12.2 Å². The average molecular weight is 184 g/mol. The molecule has 0 spiro atoms. The molecule has 2 amide bonds. The van der Waals surface area contributed by atoms with Gasteiger partial charge in [0.05, 0.1) is 12.1 Å². The number of fused-ring (bicyclic) bond motifs is 2. The Labute approximate surface area is 73.6 Å². The first kappa shape index (κ1) is 7.90. The summed E-state index contributed by atoms with van der Waals surface area (Å²) in [6.45, 7) is 0. The number of rotatable bonds is 0. The summed E-state index contributed by atoms with van der Waals surface area (Å²) in [5.74, 6) is 0. The SMILES string of the molecule is O=C(O)N1[C@@H]2C=C[C@@H](C2)N1C(=O)O. The van der Waals surface area contributed by atoms with Crippen molar-refractivity contribution in [1.82, 2.24) is 10.0 Å². The third-order valence-corrected chi connectivity index (χ3v) is 2.29. The normalized spacial score (nSPS) is 29.8. The van der Waals surface area contributed by atoms with Gasteiger partial charge in [0.1, 0.15) is 0 Å². The second kappa shape index (κ2) is 2.38. The van der Waals surface area contributed by atoms with Crippen LogP contribution in [0.1, 0.15) is 6.42 Å². The smallest absolute Gasteiger partial charge is 0.427 e. The highest BCUT2D eigenvalue weighted by Gasteiger charge is 2.46. The minimum atomic E-state index is -1.22. The van der Waals surface area contributed by atoms with Crippen LogP contribution in [-0.2, 0) is 0 Å². The fraction of sp³-hybridized carbons (Fsp3) is 0.429. The molecule has 6 heteroatoms. The van der Waals surface area contributed by atoms with Crippen molar-refractivity contribution in [2.24, 2.45) is 0 Å². The topological polar surface area (TPSA) is 81.1 Å². The summed E-state index contributed by atoms with van der Waals surface area (Å²) in [4.78, 5) is 21.4. The van der Waals surface area contributed by atoms with E-state index in [9.17, 15) is 9.59 Å². The van der Waals surface area contributed by atoms with Crippen LogP contribution >= 0.6 is 0 Å². The molecule has 13 heavy (non-hydrogen) atoms. The standard InChI is InChI=1S/C7H8N2O4/c10-6(11)8-4-1-2-5(3-4)9(8)7(12)13/h1-2,4-5H,3H2,(H,10,11)(H,12,13)/t4-,5+. The average Bonchev–Trinajstić information content (AvgIpc) is 2.60. The second-order valence-electron chi connectivity index (χ2n) is 3.01. The Kier molecular flexibility index (Phi) is 1.45. The zero-order valence-electron chi connectivity index (χ0n) is 6.62. The lowest BCUT2D eigenvalue weighted by Gasteiger charge is -2.30. The summed E-state index contributed by atoms with van der Waals surface area (Å²) in [6, 6.07) is -0.614. The number of nitrogens with zero attached hydrogens (tertiary/aromatic N) is 2. The van der Waals surface area contributed by atoms with Gasteiger partial charge in [-0.15, -0.1) is 0 Å². The van der Waals surface area contributed by atoms with Crippen LogP contribution in [0.15, 0.2) is 12.2 Å². The largest absolute Gasteiger partial charge is 0.464 e. The number of hydrogen-bond acceptors (Lipinski definition) is 2. The summed E-state index contributed by atoms with van der Waals surface area (Å²) in [6.07, 6.45) is 1.54. The molecule has 1 heterocycles. The first-order valence-corrected chi connectivity index (χ1v) is 3.84. The lowest BCUT2D eigenvalue weighted by Crippen LogP contribution is -2.50. The molecule has 0 saturated carbocycles. The molecule has 0 aromatic heterocycles. The van der Waals surface area contributed by atoms with E-state index < -0.39 is 12.2 Å². The molecule has 1 fully saturated rings. The van der Waals surface area contributed by atoms with Gasteiger partial charge in [0.2, 0.25) is 0 Å². The van der Waals surface area contributed by atoms with Gasteiger partial charge in [0.25, 0.3) is 0 Å². The third kappa shape index (κ3) is 0.947. The van der Waals surface area contributed by atoms with Gasteiger partial charge in [0, 0.05) is 0 Å². The number of carbonyl (C=O) groups is 2. The molecule has 0 unspecified atom stereocenters. The van der Waals surface area contributed by atoms with Crippen LogP contribution in [0, 0.1) is 0 Å². The van der Waals surface area contributed by atoms with Crippen LogP contribution in [0.3, 0.4) is 0 Å². The summed E-state index contributed by atoms with van der Waals surface area (Å²) >= 11 is 0. The molecule has 2 aliphatic rings. The zero-order valence-corrected chi connectivity index (χ0v) is 6.62. The van der Waals surface area contributed by atoms with Crippen molar-refractivity contribution in [2.45, 2.75) is 18.5 Å². The lowest BCUT2D eigenvalue weighted by molar-refractivity contribution is 0.00962. The van der Waals surface area contributed by atoms with Crippen LogP contribution in [0.5, 0.6) is 0 Å². The lowest BCUT2D eigenvalue weighted by atomic mass is 10.2. The number of hydrogen-bond donors (Lipinski definition) is 2. The molecule has 2 rings (SSSR count). The van der Waals surface area contributed by atoms with E-state index in [0.717, 1.165) is 10.0 Å². The molecule has 6 nitrogen and oxygen atoms in total. The second-order valence-corrected chi connectivity index (χ2v) is 3.01. The van der Waals surface area contributed by atoms with Crippen LogP contribution in [-0.4, -0.2) is 44.5 Å². The molecule has 1 aliphatic heterocycles. The van der Waals surface area contributed by atoms with Gasteiger partial charge < -0.3 is 10.2 Å². The highest BCUT2D eigenvalue weighted by Crippen LogP contribution is 2.32. The van der Waals surface area contributed by atoms with Crippen LogP contribution in [0.4, 0.5) is 9.59 Å². The van der Waals surface area contributed by atoms with E-state index in [1.165, 1.54) is 0 Å². The highest BCUT2D eigenvalue weighted by molar-refractivity contribution is 5.74. The Balaban J connectivity index is 2.30. The molecule has 0 aromatic rings. The number of hydrazine groups is 1. The molecule has 1 saturated heterocycles. The summed E-state index contributed by atoms with van der Waals surface area (Å²) < 4.78 is 0. The summed E-state index contributed by atoms with van der Waals surface area (Å²) in [5.41, 5.74) is 0. The fourth-order valence-corrected chi connectivity index (χ4v) is 1.81.